The molecule has 0 spiro atoms. The first-order chi connectivity index (χ1) is 19.8. The van der Waals surface area contributed by atoms with Gasteiger partial charge in [-0.15, -0.1) is 0 Å². The molecule has 0 heterocycles. The SMILES string of the molecule is C=C/C=C(/CP(=O)(OCC)OCC)C(C)NS(=O)(=O)c1ccc(Oc2c(F)cc(/C=C(\C)C(=O)OCC)cc2F)cc1. The smallest absolute Gasteiger partial charge is 0.334 e. The standard InChI is InChI=1S/C29H36F2NO8PS/c1-7-11-23(19-41(34,38-9-3)39-10-4)21(6)32-42(35,36)25-14-12-24(13-15-25)40-28-26(30)17-22(18-27(28)31)16-20(5)29(33)37-8-2/h7,11-18,21,32H,1,8-10,19H2,2-6H3/b20-16+,23-11-. The molecule has 0 saturated carbocycles. The van der Waals surface area contributed by atoms with Crippen molar-refractivity contribution in [2.75, 3.05) is 26.0 Å². The van der Waals surface area contributed by atoms with Crippen LogP contribution in [0.3, 0.4) is 0 Å². The summed E-state index contributed by atoms with van der Waals surface area (Å²) in [6.07, 6.45) is 4.11. The molecule has 9 nitrogen and oxygen atoms in total. The molecule has 42 heavy (non-hydrogen) atoms. The van der Waals surface area contributed by atoms with Crippen molar-refractivity contribution in [3.8, 4) is 11.5 Å². The molecular weight excluding hydrogens is 591 g/mol. The van der Waals surface area contributed by atoms with Gasteiger partial charge in [0.15, 0.2) is 17.4 Å². The second-order valence-electron chi connectivity index (χ2n) is 8.86. The molecule has 1 N–H and O–H groups in total. The Labute approximate surface area is 245 Å². The minimum absolute atomic E-state index is 0.0209. The molecule has 0 aliphatic heterocycles. The average Bonchev–Trinajstić information content (AvgIpc) is 2.91. The highest BCUT2D eigenvalue weighted by atomic mass is 32.2. The molecule has 1 unspecified atom stereocenters. The number of rotatable bonds is 16. The van der Waals surface area contributed by atoms with Crippen molar-refractivity contribution in [3.63, 3.8) is 0 Å². The molecule has 2 rings (SSSR count). The van der Waals surface area contributed by atoms with Crippen LogP contribution in [0.25, 0.3) is 6.08 Å². The second kappa shape index (κ2) is 15.9. The minimum atomic E-state index is -4.08. The number of carbonyl (C=O) groups is 1. The number of halogens is 2. The van der Waals surface area contributed by atoms with E-state index in [2.05, 4.69) is 11.3 Å². The van der Waals surface area contributed by atoms with Gasteiger partial charge in [-0.3, -0.25) is 4.57 Å². The highest BCUT2D eigenvalue weighted by Gasteiger charge is 2.29. The lowest BCUT2D eigenvalue weighted by atomic mass is 10.1. The summed E-state index contributed by atoms with van der Waals surface area (Å²) in [4.78, 5) is 11.6. The van der Waals surface area contributed by atoms with Crippen LogP contribution in [0.5, 0.6) is 11.5 Å². The Morgan fingerprint density at radius 2 is 1.62 bits per heavy atom. The van der Waals surface area contributed by atoms with Gasteiger partial charge in [0.25, 0.3) is 0 Å². The van der Waals surface area contributed by atoms with Crippen LogP contribution in [0.4, 0.5) is 8.78 Å². The summed E-state index contributed by atoms with van der Waals surface area (Å²) in [5.74, 6) is -3.38. The van der Waals surface area contributed by atoms with Gasteiger partial charge in [0.05, 0.1) is 30.9 Å². The number of hydrogen-bond acceptors (Lipinski definition) is 8. The molecule has 0 saturated heterocycles. The van der Waals surface area contributed by atoms with Crippen molar-refractivity contribution in [2.45, 2.75) is 45.6 Å². The Morgan fingerprint density at radius 3 is 2.12 bits per heavy atom. The second-order valence-corrected chi connectivity index (χ2v) is 12.6. The lowest BCUT2D eigenvalue weighted by Crippen LogP contribution is -2.35. The van der Waals surface area contributed by atoms with Gasteiger partial charge in [-0.05, 0) is 88.2 Å². The number of sulfonamides is 1. The Kier molecular flexibility index (Phi) is 13.3. The van der Waals surface area contributed by atoms with Gasteiger partial charge in [0, 0.05) is 11.6 Å². The number of nitrogens with one attached hydrogen (secondary N) is 1. The van der Waals surface area contributed by atoms with Gasteiger partial charge in [-0.25, -0.2) is 26.7 Å². The molecule has 2 aromatic rings. The maximum absolute atomic E-state index is 14.7. The fraction of sp³-hybridized carbons (Fsp3) is 0.345. The number of esters is 1. The first-order valence-corrected chi connectivity index (χ1v) is 16.3. The molecule has 230 valence electrons. The maximum Gasteiger partial charge on any atom is 0.334 e. The van der Waals surface area contributed by atoms with Crippen molar-refractivity contribution in [1.82, 2.24) is 4.72 Å². The van der Waals surface area contributed by atoms with Gasteiger partial charge in [0.1, 0.15) is 5.75 Å². The van der Waals surface area contributed by atoms with E-state index in [-0.39, 0.29) is 47.8 Å². The van der Waals surface area contributed by atoms with E-state index in [4.69, 9.17) is 18.5 Å². The van der Waals surface area contributed by atoms with E-state index in [0.717, 1.165) is 12.1 Å². The molecule has 1 atom stereocenters. The Balaban J connectivity index is 2.21. The molecule has 2 aromatic carbocycles. The van der Waals surface area contributed by atoms with E-state index in [1.807, 2.05) is 0 Å². The lowest BCUT2D eigenvalue weighted by Gasteiger charge is -2.22. The number of benzene rings is 2. The van der Waals surface area contributed by atoms with Crippen molar-refractivity contribution in [3.05, 3.63) is 83.5 Å². The molecule has 0 aromatic heterocycles. The van der Waals surface area contributed by atoms with Gasteiger partial charge >= 0.3 is 13.6 Å². The normalized spacial score (nSPS) is 13.5. The Bertz CT molecular complexity index is 1440. The Hall–Kier alpha value is -3.15. The molecule has 0 radical (unpaired) electrons. The molecule has 0 aliphatic carbocycles. The molecular formula is C29H36F2NO8PS. The van der Waals surface area contributed by atoms with Gasteiger partial charge < -0.3 is 18.5 Å². The highest BCUT2D eigenvalue weighted by molar-refractivity contribution is 7.89. The zero-order valence-electron chi connectivity index (χ0n) is 24.2. The average molecular weight is 628 g/mol. The van der Waals surface area contributed by atoms with Crippen LogP contribution in [0.15, 0.2) is 71.2 Å². The third-order valence-corrected chi connectivity index (χ3v) is 9.22. The topological polar surface area (TPSA) is 117 Å². The maximum atomic E-state index is 14.7. The molecule has 0 bridgehead atoms. The van der Waals surface area contributed by atoms with Crippen LogP contribution in [0.2, 0.25) is 0 Å². The first kappa shape index (κ1) is 35.0. The zero-order chi connectivity index (χ0) is 31.5. The van der Waals surface area contributed by atoms with Crippen LogP contribution in [0.1, 0.15) is 40.2 Å². The molecule has 0 fully saturated rings. The largest absolute Gasteiger partial charge is 0.463 e. The highest BCUT2D eigenvalue weighted by Crippen LogP contribution is 2.50. The first-order valence-electron chi connectivity index (χ1n) is 13.1. The quantitative estimate of drug-likeness (QED) is 0.0938. The number of hydrogen-bond donors (Lipinski definition) is 1. The summed E-state index contributed by atoms with van der Waals surface area (Å²) in [6, 6.07) is 6.10. The van der Waals surface area contributed by atoms with Crippen molar-refractivity contribution >= 4 is 29.7 Å². The van der Waals surface area contributed by atoms with E-state index >= 15 is 0 Å². The molecule has 0 amide bonds. The van der Waals surface area contributed by atoms with E-state index in [1.165, 1.54) is 49.4 Å². The predicted molar refractivity (Wildman–Crippen MR) is 157 cm³/mol. The summed E-state index contributed by atoms with van der Waals surface area (Å²) in [6.45, 7) is 12.1. The van der Waals surface area contributed by atoms with E-state index in [9.17, 15) is 26.6 Å². The predicted octanol–water partition coefficient (Wildman–Crippen LogP) is 6.77. The van der Waals surface area contributed by atoms with Gasteiger partial charge in [-0.2, -0.15) is 0 Å². The fourth-order valence-electron chi connectivity index (χ4n) is 3.73. The number of ether oxygens (including phenoxy) is 2. The van der Waals surface area contributed by atoms with Crippen LogP contribution >= 0.6 is 7.60 Å². The lowest BCUT2D eigenvalue weighted by molar-refractivity contribution is -0.138. The van der Waals surface area contributed by atoms with Crippen LogP contribution in [0, 0.1) is 11.6 Å². The van der Waals surface area contributed by atoms with Crippen molar-refractivity contribution < 1.29 is 45.1 Å². The zero-order valence-corrected chi connectivity index (χ0v) is 25.9. The minimum Gasteiger partial charge on any atom is -0.463 e. The summed E-state index contributed by atoms with van der Waals surface area (Å²) < 4.78 is 91.9. The van der Waals surface area contributed by atoms with E-state index < -0.39 is 47.0 Å². The molecule has 13 heteroatoms. The summed E-state index contributed by atoms with van der Waals surface area (Å²) in [5, 5.41) is 0. The van der Waals surface area contributed by atoms with Gasteiger partial charge in [0.2, 0.25) is 10.0 Å². The van der Waals surface area contributed by atoms with Crippen LogP contribution < -0.4 is 9.46 Å². The van der Waals surface area contributed by atoms with E-state index in [0.29, 0.717) is 5.57 Å². The van der Waals surface area contributed by atoms with Gasteiger partial charge in [-0.1, -0.05) is 18.7 Å². The molecule has 0 aliphatic rings. The Morgan fingerprint density at radius 1 is 1.05 bits per heavy atom. The van der Waals surface area contributed by atoms with E-state index in [1.54, 1.807) is 27.7 Å². The van der Waals surface area contributed by atoms with Crippen molar-refractivity contribution in [2.24, 2.45) is 0 Å². The third kappa shape index (κ3) is 9.99. The summed E-state index contributed by atoms with van der Waals surface area (Å²) in [5.41, 5.74) is 0.683. The fourth-order valence-corrected chi connectivity index (χ4v) is 6.84. The van der Waals surface area contributed by atoms with Crippen molar-refractivity contribution in [1.29, 1.82) is 0 Å². The monoisotopic (exact) mass is 627 g/mol. The number of allylic oxidation sites excluding steroid dienone is 2. The van der Waals surface area contributed by atoms with Crippen LogP contribution in [-0.4, -0.2) is 46.4 Å². The number of carbonyl (C=O) groups excluding carboxylic acids is 1. The van der Waals surface area contributed by atoms with Crippen LogP contribution in [-0.2, 0) is 33.2 Å². The summed E-state index contributed by atoms with van der Waals surface area (Å²) in [7, 11) is -7.60. The third-order valence-electron chi connectivity index (χ3n) is 5.60. The summed E-state index contributed by atoms with van der Waals surface area (Å²) >= 11 is 0.